The van der Waals surface area contributed by atoms with Crippen molar-refractivity contribution in [2.24, 2.45) is 0 Å². The molecule has 0 atom stereocenters. The molecule has 2 heteroatoms. The lowest BCUT2D eigenvalue weighted by Gasteiger charge is -2.27. The number of rotatable bonds is 4. The molecule has 0 aliphatic carbocycles. The van der Waals surface area contributed by atoms with E-state index < -0.39 is 0 Å². The molecule has 0 saturated carbocycles. The molecule has 0 N–H and O–H groups in total. The predicted molar refractivity (Wildman–Crippen MR) is 95.2 cm³/mol. The molecule has 2 aromatic rings. The van der Waals surface area contributed by atoms with Crippen LogP contribution < -0.4 is 0 Å². The van der Waals surface area contributed by atoms with Crippen molar-refractivity contribution in [3.63, 3.8) is 0 Å². The Kier molecular flexibility index (Phi) is 4.49. The van der Waals surface area contributed by atoms with E-state index in [2.05, 4.69) is 72.7 Å². The first-order valence-electron chi connectivity index (χ1n) is 8.34. The summed E-state index contributed by atoms with van der Waals surface area (Å²) >= 11 is 0. The molecule has 0 bridgehead atoms. The fourth-order valence-electron chi connectivity index (χ4n) is 3.47. The Morgan fingerprint density at radius 1 is 1.27 bits per heavy atom. The third kappa shape index (κ3) is 2.76. The number of nitrogens with zero attached hydrogens (tertiary/aromatic N) is 2. The molecular formula is C20H26N2. The highest BCUT2D eigenvalue weighted by atomic mass is 15.1. The van der Waals surface area contributed by atoms with Crippen LogP contribution in [0.2, 0.25) is 0 Å². The van der Waals surface area contributed by atoms with Gasteiger partial charge in [-0.15, -0.1) is 0 Å². The van der Waals surface area contributed by atoms with Crippen molar-refractivity contribution in [3.05, 3.63) is 59.3 Å². The molecule has 1 aromatic heterocycles. The maximum Gasteiger partial charge on any atom is 0.0488 e. The van der Waals surface area contributed by atoms with Crippen LogP contribution >= 0.6 is 0 Å². The third-order valence-electron chi connectivity index (χ3n) is 4.67. The van der Waals surface area contributed by atoms with Crippen LogP contribution in [0.4, 0.5) is 0 Å². The normalized spacial score (nSPS) is 16.6. The van der Waals surface area contributed by atoms with Gasteiger partial charge in [-0.25, -0.2) is 0 Å². The van der Waals surface area contributed by atoms with Crippen molar-refractivity contribution < 1.29 is 0 Å². The number of benzene rings is 1. The lowest BCUT2D eigenvalue weighted by atomic mass is 10.0. The minimum absolute atomic E-state index is 0.992. The monoisotopic (exact) mass is 294 g/mol. The number of allylic oxidation sites excluding steroid dienone is 4. The Morgan fingerprint density at radius 3 is 2.86 bits per heavy atom. The first-order chi connectivity index (χ1) is 10.7. The molecule has 116 valence electrons. The summed E-state index contributed by atoms with van der Waals surface area (Å²) in [6.07, 6.45) is 7.61. The Labute approximate surface area is 133 Å². The van der Waals surface area contributed by atoms with Crippen molar-refractivity contribution in [3.8, 4) is 0 Å². The van der Waals surface area contributed by atoms with E-state index in [1.807, 2.05) is 0 Å². The molecule has 0 spiro atoms. The van der Waals surface area contributed by atoms with Gasteiger partial charge in [0.15, 0.2) is 0 Å². The Balaban J connectivity index is 2.07. The molecule has 2 nitrogen and oxygen atoms in total. The molecule has 22 heavy (non-hydrogen) atoms. The van der Waals surface area contributed by atoms with Gasteiger partial charge < -0.3 is 4.57 Å². The van der Waals surface area contributed by atoms with Gasteiger partial charge in [0.25, 0.3) is 0 Å². The maximum absolute atomic E-state index is 2.54. The molecule has 0 fully saturated rings. The van der Waals surface area contributed by atoms with Crippen LogP contribution in [0.1, 0.15) is 32.0 Å². The van der Waals surface area contributed by atoms with Crippen LogP contribution in [0.5, 0.6) is 0 Å². The average Bonchev–Trinajstić information content (AvgIpc) is 2.86. The standard InChI is InChI=1S/C20H26N2/c1-4-6-9-16(3)14-22-19-11-8-7-10-17(19)18-15-21(5-2)13-12-20(18)22/h4,6-11H,5,12-15H2,1-3H3/b6-4-,16-9+. The van der Waals surface area contributed by atoms with Crippen LogP contribution in [-0.4, -0.2) is 22.6 Å². The van der Waals surface area contributed by atoms with Crippen molar-refractivity contribution in [2.45, 2.75) is 40.3 Å². The van der Waals surface area contributed by atoms with Crippen molar-refractivity contribution in [2.75, 3.05) is 13.1 Å². The molecule has 1 aliphatic rings. The molecule has 0 radical (unpaired) electrons. The topological polar surface area (TPSA) is 8.17 Å². The van der Waals surface area contributed by atoms with Gasteiger partial charge >= 0.3 is 0 Å². The highest BCUT2D eigenvalue weighted by Gasteiger charge is 2.22. The zero-order valence-corrected chi connectivity index (χ0v) is 14.0. The van der Waals surface area contributed by atoms with E-state index in [-0.39, 0.29) is 0 Å². The fraction of sp³-hybridized carbons (Fsp3) is 0.400. The zero-order valence-electron chi connectivity index (χ0n) is 14.0. The van der Waals surface area contributed by atoms with Crippen LogP contribution in [0, 0.1) is 0 Å². The van der Waals surface area contributed by atoms with E-state index in [0.29, 0.717) is 0 Å². The second kappa shape index (κ2) is 6.53. The van der Waals surface area contributed by atoms with Gasteiger partial charge in [0.05, 0.1) is 0 Å². The van der Waals surface area contributed by atoms with E-state index in [0.717, 1.165) is 26.1 Å². The number of hydrogen-bond acceptors (Lipinski definition) is 1. The van der Waals surface area contributed by atoms with Gasteiger partial charge in [-0.3, -0.25) is 4.90 Å². The smallest absolute Gasteiger partial charge is 0.0488 e. The number of para-hydroxylation sites is 1. The van der Waals surface area contributed by atoms with Crippen LogP contribution in [0.15, 0.2) is 48.1 Å². The molecule has 2 heterocycles. The Morgan fingerprint density at radius 2 is 2.09 bits per heavy atom. The van der Waals surface area contributed by atoms with Gasteiger partial charge in [0.1, 0.15) is 0 Å². The summed E-state index contributed by atoms with van der Waals surface area (Å²) in [6, 6.07) is 8.88. The first-order valence-corrected chi connectivity index (χ1v) is 8.34. The lowest BCUT2D eigenvalue weighted by Crippen LogP contribution is -2.30. The SMILES string of the molecule is C/C=C\C=C(/C)Cn1c2c(c3ccccc31)CN(CC)CC2. The largest absolute Gasteiger partial charge is 0.340 e. The summed E-state index contributed by atoms with van der Waals surface area (Å²) in [4.78, 5) is 2.54. The molecule has 0 amide bonds. The van der Waals surface area contributed by atoms with E-state index in [9.17, 15) is 0 Å². The average molecular weight is 294 g/mol. The van der Waals surface area contributed by atoms with E-state index in [1.165, 1.54) is 23.0 Å². The van der Waals surface area contributed by atoms with Crippen molar-refractivity contribution in [1.29, 1.82) is 0 Å². The second-order valence-corrected chi connectivity index (χ2v) is 6.19. The van der Waals surface area contributed by atoms with Gasteiger partial charge in [-0.05, 0) is 32.0 Å². The van der Waals surface area contributed by atoms with Crippen molar-refractivity contribution >= 4 is 10.9 Å². The highest BCUT2D eigenvalue weighted by molar-refractivity contribution is 5.86. The number of fused-ring (bicyclic) bond motifs is 3. The third-order valence-corrected chi connectivity index (χ3v) is 4.67. The summed E-state index contributed by atoms with van der Waals surface area (Å²) in [5.74, 6) is 0. The molecule has 0 saturated heterocycles. The Hall–Kier alpha value is -1.80. The minimum Gasteiger partial charge on any atom is -0.340 e. The molecule has 1 aliphatic heterocycles. The Bertz CT molecular complexity index is 719. The van der Waals surface area contributed by atoms with Crippen LogP contribution in [-0.2, 0) is 19.5 Å². The number of likely N-dealkylation sites (N-methyl/N-ethyl adjacent to an activating group) is 1. The van der Waals surface area contributed by atoms with Crippen LogP contribution in [0.25, 0.3) is 10.9 Å². The summed E-state index contributed by atoms with van der Waals surface area (Å²) in [5, 5.41) is 1.44. The quantitative estimate of drug-likeness (QED) is 0.751. The maximum atomic E-state index is 2.54. The highest BCUT2D eigenvalue weighted by Crippen LogP contribution is 2.31. The summed E-state index contributed by atoms with van der Waals surface area (Å²) in [7, 11) is 0. The molecule has 0 unspecified atom stereocenters. The minimum atomic E-state index is 0.992. The van der Waals surface area contributed by atoms with Crippen molar-refractivity contribution in [1.82, 2.24) is 9.47 Å². The summed E-state index contributed by atoms with van der Waals surface area (Å²) in [5.41, 5.74) is 5.87. The van der Waals surface area contributed by atoms with Gasteiger partial charge in [0, 0.05) is 42.7 Å². The molecule has 3 rings (SSSR count). The summed E-state index contributed by atoms with van der Waals surface area (Å²) < 4.78 is 2.53. The number of hydrogen-bond donors (Lipinski definition) is 0. The zero-order chi connectivity index (χ0) is 15.5. The number of aromatic nitrogens is 1. The first kappa shape index (κ1) is 15.1. The van der Waals surface area contributed by atoms with E-state index >= 15 is 0 Å². The van der Waals surface area contributed by atoms with Gasteiger partial charge in [-0.1, -0.05) is 48.9 Å². The molecule has 1 aromatic carbocycles. The van der Waals surface area contributed by atoms with Gasteiger partial charge in [-0.2, -0.15) is 0 Å². The van der Waals surface area contributed by atoms with Crippen LogP contribution in [0.3, 0.4) is 0 Å². The fourth-order valence-corrected chi connectivity index (χ4v) is 3.47. The van der Waals surface area contributed by atoms with E-state index in [1.54, 1.807) is 11.3 Å². The second-order valence-electron chi connectivity index (χ2n) is 6.19. The lowest BCUT2D eigenvalue weighted by molar-refractivity contribution is 0.266. The summed E-state index contributed by atoms with van der Waals surface area (Å²) in [6.45, 7) is 11.0. The van der Waals surface area contributed by atoms with Gasteiger partial charge in [0.2, 0.25) is 0 Å². The molecular weight excluding hydrogens is 268 g/mol. The van der Waals surface area contributed by atoms with E-state index in [4.69, 9.17) is 0 Å². The predicted octanol–water partition coefficient (Wildman–Crippen LogP) is 4.54.